The Labute approximate surface area is 97.8 Å². The lowest BCUT2D eigenvalue weighted by atomic mass is 10.1. The second-order valence-corrected chi connectivity index (χ2v) is 4.81. The first-order valence-corrected chi connectivity index (χ1v) is 6.08. The molecule has 2 aromatic carbocycles. The third-order valence-corrected chi connectivity index (χ3v) is 3.74. The summed E-state index contributed by atoms with van der Waals surface area (Å²) in [4.78, 5) is 2.44. The topological polar surface area (TPSA) is 3.24 Å². The third kappa shape index (κ3) is 1.44. The fourth-order valence-electron chi connectivity index (χ4n) is 2.08. The quantitative estimate of drug-likeness (QED) is 0.755. The van der Waals surface area contributed by atoms with Crippen molar-refractivity contribution >= 4 is 32.4 Å². The van der Waals surface area contributed by atoms with Crippen molar-refractivity contribution in [3.63, 3.8) is 0 Å². The summed E-state index contributed by atoms with van der Waals surface area (Å²) in [5.41, 5.74) is 1.38. The molecule has 0 radical (unpaired) electrons. The maximum absolute atomic E-state index is 3.60. The molecule has 3 rings (SSSR count). The van der Waals surface area contributed by atoms with E-state index < -0.39 is 0 Å². The van der Waals surface area contributed by atoms with Crippen molar-refractivity contribution in [3.8, 4) is 0 Å². The van der Waals surface area contributed by atoms with E-state index >= 15 is 0 Å². The molecule has 1 aliphatic rings. The molecular weight excluding hydrogens is 250 g/mol. The molecule has 1 aliphatic heterocycles. The summed E-state index contributed by atoms with van der Waals surface area (Å²) in [6.07, 6.45) is 1.32. The minimum atomic E-state index is 1.18. The molecule has 76 valence electrons. The van der Waals surface area contributed by atoms with Crippen molar-refractivity contribution in [2.45, 2.75) is 6.42 Å². The van der Waals surface area contributed by atoms with Crippen LogP contribution in [0.25, 0.3) is 10.8 Å². The second kappa shape index (κ2) is 3.53. The molecule has 0 atom stereocenters. The summed E-state index contributed by atoms with van der Waals surface area (Å²) in [6.45, 7) is 2.40. The Kier molecular flexibility index (Phi) is 2.17. The highest BCUT2D eigenvalue weighted by Crippen LogP contribution is 2.33. The van der Waals surface area contributed by atoms with Gasteiger partial charge >= 0.3 is 0 Å². The molecule has 0 N–H and O–H groups in total. The molecule has 0 saturated carbocycles. The van der Waals surface area contributed by atoms with Crippen LogP contribution < -0.4 is 4.90 Å². The van der Waals surface area contributed by atoms with Crippen LogP contribution in [0.5, 0.6) is 0 Å². The van der Waals surface area contributed by atoms with Gasteiger partial charge in [0, 0.05) is 28.6 Å². The maximum atomic E-state index is 3.60. The van der Waals surface area contributed by atoms with E-state index in [0.717, 1.165) is 0 Å². The predicted molar refractivity (Wildman–Crippen MR) is 68.5 cm³/mol. The number of rotatable bonds is 1. The number of hydrogen-bond donors (Lipinski definition) is 0. The Morgan fingerprint density at radius 2 is 1.67 bits per heavy atom. The Morgan fingerprint density at radius 1 is 0.933 bits per heavy atom. The van der Waals surface area contributed by atoms with Crippen molar-refractivity contribution in [1.82, 2.24) is 0 Å². The van der Waals surface area contributed by atoms with Crippen molar-refractivity contribution in [2.24, 2.45) is 0 Å². The van der Waals surface area contributed by atoms with E-state index in [1.807, 2.05) is 0 Å². The summed E-state index contributed by atoms with van der Waals surface area (Å²) in [5.74, 6) is 0. The molecule has 1 heterocycles. The minimum absolute atomic E-state index is 1.18. The third-order valence-electron chi connectivity index (χ3n) is 3.04. The Hall–Kier alpha value is -1.02. The Morgan fingerprint density at radius 3 is 2.33 bits per heavy atom. The van der Waals surface area contributed by atoms with Crippen molar-refractivity contribution in [3.05, 3.63) is 40.9 Å². The van der Waals surface area contributed by atoms with E-state index in [2.05, 4.69) is 57.2 Å². The van der Waals surface area contributed by atoms with Gasteiger partial charge in [-0.05, 0) is 23.9 Å². The molecule has 0 unspecified atom stereocenters. The molecule has 0 bridgehead atoms. The monoisotopic (exact) mass is 261 g/mol. The van der Waals surface area contributed by atoms with Crippen LogP contribution in [-0.2, 0) is 0 Å². The second-order valence-electron chi connectivity index (χ2n) is 3.95. The standard InChI is InChI=1S/C13H12BrN/c14-12-6-7-13(15-8-3-9-15)11-5-2-1-4-10(11)12/h1-2,4-7H,3,8-9H2. The van der Waals surface area contributed by atoms with Gasteiger partial charge in [-0.15, -0.1) is 0 Å². The number of benzene rings is 2. The zero-order chi connectivity index (χ0) is 10.3. The van der Waals surface area contributed by atoms with Crippen LogP contribution in [0.2, 0.25) is 0 Å². The van der Waals surface area contributed by atoms with Gasteiger partial charge in [-0.1, -0.05) is 40.2 Å². The first kappa shape index (κ1) is 9.22. The van der Waals surface area contributed by atoms with Gasteiger partial charge in [0.15, 0.2) is 0 Å². The number of nitrogens with zero attached hydrogens (tertiary/aromatic N) is 1. The van der Waals surface area contributed by atoms with Gasteiger partial charge in [-0.2, -0.15) is 0 Å². The summed E-state index contributed by atoms with van der Waals surface area (Å²) >= 11 is 3.60. The van der Waals surface area contributed by atoms with Crippen molar-refractivity contribution in [2.75, 3.05) is 18.0 Å². The molecule has 2 aromatic rings. The van der Waals surface area contributed by atoms with Crippen molar-refractivity contribution in [1.29, 1.82) is 0 Å². The van der Waals surface area contributed by atoms with Gasteiger partial charge in [-0.3, -0.25) is 0 Å². The molecule has 1 saturated heterocycles. The average molecular weight is 262 g/mol. The minimum Gasteiger partial charge on any atom is -0.371 e. The highest BCUT2D eigenvalue weighted by atomic mass is 79.9. The molecule has 0 amide bonds. The van der Waals surface area contributed by atoms with Crippen LogP contribution in [0, 0.1) is 0 Å². The lowest BCUT2D eigenvalue weighted by Gasteiger charge is -2.34. The van der Waals surface area contributed by atoms with Gasteiger partial charge in [-0.25, -0.2) is 0 Å². The van der Waals surface area contributed by atoms with E-state index in [0.29, 0.717) is 0 Å². The number of hydrogen-bond acceptors (Lipinski definition) is 1. The highest BCUT2D eigenvalue weighted by molar-refractivity contribution is 9.10. The normalized spacial score (nSPS) is 15.4. The fourth-order valence-corrected chi connectivity index (χ4v) is 2.56. The molecule has 0 aromatic heterocycles. The largest absolute Gasteiger partial charge is 0.371 e. The average Bonchev–Trinajstić information content (AvgIpc) is 2.20. The van der Waals surface area contributed by atoms with Crippen LogP contribution in [0.3, 0.4) is 0 Å². The maximum Gasteiger partial charge on any atom is 0.0446 e. The highest BCUT2D eigenvalue weighted by Gasteiger charge is 2.16. The summed E-state index contributed by atoms with van der Waals surface area (Å²) < 4.78 is 1.18. The van der Waals surface area contributed by atoms with Crippen molar-refractivity contribution < 1.29 is 0 Å². The van der Waals surface area contributed by atoms with E-state index in [-0.39, 0.29) is 0 Å². The number of fused-ring (bicyclic) bond motifs is 1. The zero-order valence-electron chi connectivity index (χ0n) is 8.41. The summed E-state index contributed by atoms with van der Waals surface area (Å²) in [5, 5.41) is 2.66. The zero-order valence-corrected chi connectivity index (χ0v) is 10.00. The summed E-state index contributed by atoms with van der Waals surface area (Å²) in [6, 6.07) is 12.9. The van der Waals surface area contributed by atoms with Crippen LogP contribution in [0.1, 0.15) is 6.42 Å². The fraction of sp³-hybridized carbons (Fsp3) is 0.231. The Balaban J connectivity index is 2.25. The Bertz CT molecular complexity index is 503. The van der Waals surface area contributed by atoms with Crippen LogP contribution >= 0.6 is 15.9 Å². The van der Waals surface area contributed by atoms with E-state index in [9.17, 15) is 0 Å². The van der Waals surface area contributed by atoms with E-state index in [4.69, 9.17) is 0 Å². The predicted octanol–water partition coefficient (Wildman–Crippen LogP) is 3.81. The smallest absolute Gasteiger partial charge is 0.0446 e. The molecule has 2 heteroatoms. The van der Waals surface area contributed by atoms with Gasteiger partial charge in [0.05, 0.1) is 0 Å². The number of anilines is 1. The van der Waals surface area contributed by atoms with Crippen LogP contribution in [0.15, 0.2) is 40.9 Å². The molecule has 0 spiro atoms. The molecule has 0 aliphatic carbocycles. The van der Waals surface area contributed by atoms with E-state index in [1.54, 1.807) is 0 Å². The molecular formula is C13H12BrN. The van der Waals surface area contributed by atoms with Gasteiger partial charge in [0.25, 0.3) is 0 Å². The van der Waals surface area contributed by atoms with Gasteiger partial charge < -0.3 is 4.90 Å². The van der Waals surface area contributed by atoms with Crippen LogP contribution in [-0.4, -0.2) is 13.1 Å². The first-order valence-electron chi connectivity index (χ1n) is 5.28. The van der Waals surface area contributed by atoms with Gasteiger partial charge in [0.2, 0.25) is 0 Å². The SMILES string of the molecule is Brc1ccc(N2CCC2)c2ccccc12. The first-order chi connectivity index (χ1) is 7.36. The van der Waals surface area contributed by atoms with E-state index in [1.165, 1.54) is 40.4 Å². The molecule has 1 nitrogen and oxygen atoms in total. The lowest BCUT2D eigenvalue weighted by Crippen LogP contribution is -2.37. The van der Waals surface area contributed by atoms with Crippen LogP contribution in [0.4, 0.5) is 5.69 Å². The summed E-state index contributed by atoms with van der Waals surface area (Å²) in [7, 11) is 0. The molecule has 15 heavy (non-hydrogen) atoms. The molecule has 1 fully saturated rings. The number of halogens is 1. The van der Waals surface area contributed by atoms with Gasteiger partial charge in [0.1, 0.15) is 0 Å². The lowest BCUT2D eigenvalue weighted by molar-refractivity contribution is 0.620.